The van der Waals surface area contributed by atoms with Crippen molar-refractivity contribution in [1.82, 2.24) is 0 Å². The summed E-state index contributed by atoms with van der Waals surface area (Å²) in [6, 6.07) is 8.06. The third-order valence-electron chi connectivity index (χ3n) is 3.16. The van der Waals surface area contributed by atoms with Crippen LogP contribution in [0.5, 0.6) is 5.75 Å². The van der Waals surface area contributed by atoms with E-state index in [2.05, 4.69) is 37.9 Å². The van der Waals surface area contributed by atoms with E-state index in [9.17, 15) is 5.11 Å². The van der Waals surface area contributed by atoms with Gasteiger partial charge in [-0.2, -0.15) is 0 Å². The van der Waals surface area contributed by atoms with E-state index in [4.69, 9.17) is 4.74 Å². The molecule has 2 heterocycles. The van der Waals surface area contributed by atoms with E-state index in [1.807, 2.05) is 18.2 Å². The van der Waals surface area contributed by atoms with Crippen LogP contribution in [0.4, 0.5) is 0 Å². The number of aliphatic hydroxyl groups is 1. The van der Waals surface area contributed by atoms with Crippen molar-refractivity contribution < 1.29 is 9.84 Å². The minimum Gasteiger partial charge on any atom is -0.493 e. The zero-order chi connectivity index (χ0) is 13.4. The van der Waals surface area contributed by atoms with Crippen LogP contribution in [0, 0.1) is 0 Å². The molecule has 0 bridgehead atoms. The number of halogens is 2. The molecule has 1 N–H and O–H groups in total. The van der Waals surface area contributed by atoms with Gasteiger partial charge in [0.25, 0.3) is 0 Å². The molecule has 2 nitrogen and oxygen atoms in total. The molecular weight excluding hydrogens is 392 g/mol. The average Bonchev–Trinajstić information content (AvgIpc) is 2.97. The molecule has 0 amide bonds. The maximum atomic E-state index is 10.3. The van der Waals surface area contributed by atoms with Gasteiger partial charge < -0.3 is 9.84 Å². The molecule has 1 aromatic carbocycles. The topological polar surface area (TPSA) is 29.5 Å². The van der Waals surface area contributed by atoms with Crippen molar-refractivity contribution in [3.05, 3.63) is 48.5 Å². The lowest BCUT2D eigenvalue weighted by atomic mass is 10.0. The Kier molecular flexibility index (Phi) is 3.98. The van der Waals surface area contributed by atoms with Crippen LogP contribution in [-0.4, -0.2) is 11.7 Å². The number of benzene rings is 1. The number of rotatable bonds is 3. The molecule has 1 unspecified atom stereocenters. The molecule has 1 atom stereocenters. The third kappa shape index (κ3) is 2.89. The molecule has 19 heavy (non-hydrogen) atoms. The zero-order valence-electron chi connectivity index (χ0n) is 10.0. The Labute approximate surface area is 132 Å². The lowest BCUT2D eigenvalue weighted by Crippen LogP contribution is -2.01. The SMILES string of the molecule is OC(Cc1cc(Br)cc2c1OCC2)c1ccc(Br)s1. The van der Waals surface area contributed by atoms with Gasteiger partial charge in [-0.15, -0.1) is 11.3 Å². The second-order valence-corrected chi connectivity index (χ2v) is 7.92. The van der Waals surface area contributed by atoms with Gasteiger partial charge >= 0.3 is 0 Å². The van der Waals surface area contributed by atoms with Gasteiger partial charge in [-0.3, -0.25) is 0 Å². The van der Waals surface area contributed by atoms with Crippen LogP contribution in [-0.2, 0) is 12.8 Å². The van der Waals surface area contributed by atoms with Crippen molar-refractivity contribution in [1.29, 1.82) is 0 Å². The number of aliphatic hydroxyl groups excluding tert-OH is 1. The highest BCUT2D eigenvalue weighted by molar-refractivity contribution is 9.11. The van der Waals surface area contributed by atoms with E-state index >= 15 is 0 Å². The summed E-state index contributed by atoms with van der Waals surface area (Å²) < 4.78 is 7.78. The number of hydrogen-bond acceptors (Lipinski definition) is 3. The van der Waals surface area contributed by atoms with Gasteiger partial charge in [0.1, 0.15) is 5.75 Å². The van der Waals surface area contributed by atoms with Gasteiger partial charge in [0.2, 0.25) is 0 Å². The normalized spacial score (nSPS) is 15.1. The molecule has 1 aliphatic rings. The van der Waals surface area contributed by atoms with Gasteiger partial charge in [0.15, 0.2) is 0 Å². The van der Waals surface area contributed by atoms with E-state index in [-0.39, 0.29) is 0 Å². The summed E-state index contributed by atoms with van der Waals surface area (Å²) >= 11 is 8.51. The summed E-state index contributed by atoms with van der Waals surface area (Å²) in [5.74, 6) is 0.956. The Morgan fingerprint density at radius 1 is 1.32 bits per heavy atom. The Bertz CT molecular complexity index is 609. The van der Waals surface area contributed by atoms with Crippen molar-refractivity contribution in [3.63, 3.8) is 0 Å². The van der Waals surface area contributed by atoms with Crippen LogP contribution in [0.25, 0.3) is 0 Å². The lowest BCUT2D eigenvalue weighted by molar-refractivity contribution is 0.181. The van der Waals surface area contributed by atoms with Crippen LogP contribution in [0.15, 0.2) is 32.5 Å². The molecule has 2 aromatic rings. The maximum absolute atomic E-state index is 10.3. The first-order chi connectivity index (χ1) is 9.13. The number of ether oxygens (including phenoxy) is 1. The molecule has 5 heteroatoms. The zero-order valence-corrected chi connectivity index (χ0v) is 14.0. The van der Waals surface area contributed by atoms with Crippen LogP contribution in [0.3, 0.4) is 0 Å². The van der Waals surface area contributed by atoms with Gasteiger partial charge in [0, 0.05) is 22.2 Å². The van der Waals surface area contributed by atoms with E-state index in [0.717, 1.165) is 37.5 Å². The monoisotopic (exact) mass is 402 g/mol. The second kappa shape index (κ2) is 5.56. The number of hydrogen-bond donors (Lipinski definition) is 1. The highest BCUT2D eigenvalue weighted by Gasteiger charge is 2.20. The highest BCUT2D eigenvalue weighted by atomic mass is 79.9. The summed E-state index contributed by atoms with van der Waals surface area (Å²) in [6.07, 6.45) is 1.04. The standard InChI is InChI=1S/C14H12Br2O2S/c15-10-5-8-3-4-18-14(8)9(6-10)7-11(17)12-1-2-13(16)19-12/h1-2,5-6,11,17H,3-4,7H2. The minimum absolute atomic E-state index is 0.487. The van der Waals surface area contributed by atoms with Crippen LogP contribution in [0.2, 0.25) is 0 Å². The molecule has 1 aliphatic heterocycles. The molecule has 0 spiro atoms. The maximum Gasteiger partial charge on any atom is 0.125 e. The fourth-order valence-electron chi connectivity index (χ4n) is 2.31. The summed E-state index contributed by atoms with van der Waals surface area (Å²) in [7, 11) is 0. The van der Waals surface area contributed by atoms with E-state index in [1.54, 1.807) is 11.3 Å². The second-order valence-electron chi connectivity index (χ2n) is 4.51. The minimum atomic E-state index is -0.487. The summed E-state index contributed by atoms with van der Waals surface area (Å²) in [5.41, 5.74) is 2.29. The molecule has 3 rings (SSSR count). The van der Waals surface area contributed by atoms with Gasteiger partial charge in [-0.25, -0.2) is 0 Å². The fraction of sp³-hybridized carbons (Fsp3) is 0.286. The first-order valence-corrected chi connectivity index (χ1v) is 8.41. The van der Waals surface area contributed by atoms with Crippen molar-refractivity contribution in [3.8, 4) is 5.75 Å². The van der Waals surface area contributed by atoms with Crippen molar-refractivity contribution in [2.75, 3.05) is 6.61 Å². The molecule has 0 saturated carbocycles. The Morgan fingerprint density at radius 3 is 2.89 bits per heavy atom. The van der Waals surface area contributed by atoms with E-state index in [1.165, 1.54) is 5.56 Å². The van der Waals surface area contributed by atoms with Crippen molar-refractivity contribution in [2.45, 2.75) is 18.9 Å². The van der Waals surface area contributed by atoms with Crippen LogP contribution >= 0.6 is 43.2 Å². The quantitative estimate of drug-likeness (QED) is 0.818. The van der Waals surface area contributed by atoms with Crippen molar-refractivity contribution in [2.24, 2.45) is 0 Å². The van der Waals surface area contributed by atoms with Crippen LogP contribution < -0.4 is 4.74 Å². The summed E-state index contributed by atoms with van der Waals surface area (Å²) in [4.78, 5) is 0.971. The first-order valence-electron chi connectivity index (χ1n) is 6.01. The fourth-order valence-corrected chi connectivity index (χ4v) is 4.28. The Morgan fingerprint density at radius 2 is 2.16 bits per heavy atom. The van der Waals surface area contributed by atoms with E-state index in [0.29, 0.717) is 6.42 Å². The smallest absolute Gasteiger partial charge is 0.125 e. The predicted octanol–water partition coefficient (Wildman–Crippen LogP) is 4.48. The molecule has 1 aromatic heterocycles. The number of fused-ring (bicyclic) bond motifs is 1. The highest BCUT2D eigenvalue weighted by Crippen LogP contribution is 2.36. The Balaban J connectivity index is 1.87. The third-order valence-corrected chi connectivity index (χ3v) is 5.34. The van der Waals surface area contributed by atoms with Crippen molar-refractivity contribution >= 4 is 43.2 Å². The van der Waals surface area contributed by atoms with Gasteiger partial charge in [0.05, 0.1) is 16.5 Å². The summed E-state index contributed by atoms with van der Waals surface area (Å²) in [6.45, 7) is 0.736. The average molecular weight is 404 g/mol. The van der Waals surface area contributed by atoms with Gasteiger partial charge in [-0.05, 0) is 51.3 Å². The number of thiophene rings is 1. The van der Waals surface area contributed by atoms with E-state index < -0.39 is 6.10 Å². The Hall–Kier alpha value is -0.360. The molecular formula is C14H12Br2O2S. The predicted molar refractivity (Wildman–Crippen MR) is 84.0 cm³/mol. The lowest BCUT2D eigenvalue weighted by Gasteiger charge is -2.12. The molecule has 0 radical (unpaired) electrons. The summed E-state index contributed by atoms with van der Waals surface area (Å²) in [5, 5.41) is 10.3. The van der Waals surface area contributed by atoms with Crippen LogP contribution in [0.1, 0.15) is 22.1 Å². The largest absolute Gasteiger partial charge is 0.493 e. The van der Waals surface area contributed by atoms with Gasteiger partial charge in [-0.1, -0.05) is 15.9 Å². The molecule has 0 saturated heterocycles. The molecule has 0 aliphatic carbocycles. The molecule has 0 fully saturated rings. The molecule has 100 valence electrons. The first kappa shape index (κ1) is 13.6.